The Morgan fingerprint density at radius 1 is 1.43 bits per heavy atom. The number of rotatable bonds is 0. The predicted molar refractivity (Wildman–Crippen MR) is 50.9 cm³/mol. The minimum Gasteiger partial charge on any atom is -0.299 e. The second-order valence-electron chi connectivity index (χ2n) is 4.08. The van der Waals surface area contributed by atoms with Gasteiger partial charge in [-0.3, -0.25) is 4.79 Å². The molecule has 1 saturated carbocycles. The average Bonchev–Trinajstić information content (AvgIpc) is 2.74. The van der Waals surface area contributed by atoms with Gasteiger partial charge in [-0.25, -0.2) is 0 Å². The van der Waals surface area contributed by atoms with Gasteiger partial charge in [-0.05, 0) is 29.5 Å². The zero-order chi connectivity index (χ0) is 9.71. The predicted octanol–water partition coefficient (Wildman–Crippen LogP) is 2.10. The normalized spacial score (nSPS) is 27.5. The molecule has 0 heterocycles. The summed E-state index contributed by atoms with van der Waals surface area (Å²) in [7, 11) is 0. The summed E-state index contributed by atoms with van der Waals surface area (Å²) >= 11 is 0. The summed E-state index contributed by atoms with van der Waals surface area (Å²) in [4.78, 5) is 11.6. The van der Waals surface area contributed by atoms with E-state index < -0.39 is 0 Å². The molecular formula is C12H9NO. The van der Waals surface area contributed by atoms with Gasteiger partial charge in [-0.2, -0.15) is 5.26 Å². The van der Waals surface area contributed by atoms with Crippen LogP contribution >= 0.6 is 0 Å². The van der Waals surface area contributed by atoms with Crippen LogP contribution in [0.4, 0.5) is 0 Å². The van der Waals surface area contributed by atoms with Crippen LogP contribution in [0.1, 0.15) is 41.4 Å². The number of fused-ring (bicyclic) bond motifs is 5. The number of nitriles is 1. The monoisotopic (exact) mass is 183 g/mol. The summed E-state index contributed by atoms with van der Waals surface area (Å²) < 4.78 is 0. The van der Waals surface area contributed by atoms with E-state index in [4.69, 9.17) is 5.26 Å². The SMILES string of the molecule is N#Cc1cccc2c1[C@@H]1C[C@H]2CC1=O. The van der Waals surface area contributed by atoms with Crippen LogP contribution in [0.15, 0.2) is 18.2 Å². The highest BCUT2D eigenvalue weighted by molar-refractivity contribution is 5.92. The molecule has 2 atom stereocenters. The van der Waals surface area contributed by atoms with Gasteiger partial charge in [-0.1, -0.05) is 12.1 Å². The minimum atomic E-state index is 0.0332. The van der Waals surface area contributed by atoms with Crippen molar-refractivity contribution in [1.29, 1.82) is 5.26 Å². The molecule has 0 aromatic heterocycles. The maximum Gasteiger partial charge on any atom is 0.141 e. The second kappa shape index (κ2) is 2.45. The molecule has 0 N–H and O–H groups in total. The molecular weight excluding hydrogens is 174 g/mol. The minimum absolute atomic E-state index is 0.0332. The third-order valence-corrected chi connectivity index (χ3v) is 3.41. The van der Waals surface area contributed by atoms with E-state index in [-0.39, 0.29) is 5.92 Å². The topological polar surface area (TPSA) is 40.9 Å². The van der Waals surface area contributed by atoms with Crippen molar-refractivity contribution in [3.8, 4) is 6.07 Å². The molecule has 0 saturated heterocycles. The van der Waals surface area contributed by atoms with E-state index in [1.807, 2.05) is 12.1 Å². The third kappa shape index (κ3) is 0.773. The van der Waals surface area contributed by atoms with Crippen LogP contribution in [0, 0.1) is 11.3 Å². The molecule has 14 heavy (non-hydrogen) atoms. The maximum atomic E-state index is 11.6. The molecule has 2 nitrogen and oxygen atoms in total. The molecule has 0 spiro atoms. The van der Waals surface area contributed by atoms with E-state index in [2.05, 4.69) is 12.1 Å². The summed E-state index contributed by atoms with van der Waals surface area (Å²) in [6.07, 6.45) is 1.62. The smallest absolute Gasteiger partial charge is 0.141 e. The fraction of sp³-hybridized carbons (Fsp3) is 0.333. The van der Waals surface area contributed by atoms with Crippen molar-refractivity contribution in [3.05, 3.63) is 34.9 Å². The van der Waals surface area contributed by atoms with Gasteiger partial charge >= 0.3 is 0 Å². The molecule has 1 fully saturated rings. The Labute approximate surface area is 82.2 Å². The molecule has 3 rings (SSSR count). The van der Waals surface area contributed by atoms with E-state index in [1.165, 1.54) is 5.56 Å². The molecule has 2 aliphatic rings. The van der Waals surface area contributed by atoms with Crippen LogP contribution in [0.3, 0.4) is 0 Å². The van der Waals surface area contributed by atoms with E-state index in [9.17, 15) is 4.79 Å². The largest absolute Gasteiger partial charge is 0.299 e. The van der Waals surface area contributed by atoms with Crippen molar-refractivity contribution in [2.24, 2.45) is 0 Å². The van der Waals surface area contributed by atoms with Gasteiger partial charge in [0.2, 0.25) is 0 Å². The number of Topliss-reactive ketones (excluding diaryl/α,β-unsaturated/α-hetero) is 1. The first kappa shape index (κ1) is 7.75. The van der Waals surface area contributed by atoms with Gasteiger partial charge in [0, 0.05) is 12.3 Å². The highest BCUT2D eigenvalue weighted by Gasteiger charge is 2.43. The van der Waals surface area contributed by atoms with Gasteiger partial charge in [0.05, 0.1) is 11.6 Å². The molecule has 2 aliphatic carbocycles. The van der Waals surface area contributed by atoms with Crippen molar-refractivity contribution >= 4 is 5.78 Å². The first-order chi connectivity index (χ1) is 6.81. The van der Waals surface area contributed by atoms with Crippen molar-refractivity contribution in [3.63, 3.8) is 0 Å². The first-order valence-corrected chi connectivity index (χ1v) is 4.87. The standard InChI is InChI=1S/C12H9NO/c13-6-7-2-1-3-9-8-4-10(12(7)9)11(14)5-8/h1-3,8,10H,4-5H2/t8-,10+/m0/s1. The first-order valence-electron chi connectivity index (χ1n) is 4.87. The molecule has 0 unspecified atom stereocenters. The quantitative estimate of drug-likeness (QED) is 0.618. The lowest BCUT2D eigenvalue weighted by Crippen LogP contribution is -2.10. The lowest BCUT2D eigenvalue weighted by molar-refractivity contribution is -0.118. The van der Waals surface area contributed by atoms with Crippen molar-refractivity contribution in [1.82, 2.24) is 0 Å². The molecule has 2 heteroatoms. The van der Waals surface area contributed by atoms with Crippen molar-refractivity contribution in [2.75, 3.05) is 0 Å². The van der Waals surface area contributed by atoms with E-state index >= 15 is 0 Å². The lowest BCUT2D eigenvalue weighted by Gasteiger charge is -2.14. The van der Waals surface area contributed by atoms with Gasteiger partial charge in [0.1, 0.15) is 5.78 Å². The van der Waals surface area contributed by atoms with E-state index in [1.54, 1.807) is 0 Å². The number of nitrogens with zero attached hydrogens (tertiary/aromatic N) is 1. The maximum absolute atomic E-state index is 11.6. The zero-order valence-corrected chi connectivity index (χ0v) is 7.66. The Hall–Kier alpha value is -1.62. The van der Waals surface area contributed by atoms with Crippen LogP contribution in [0.5, 0.6) is 0 Å². The zero-order valence-electron chi connectivity index (χ0n) is 7.66. The molecule has 68 valence electrons. The van der Waals surface area contributed by atoms with Crippen LogP contribution in [-0.2, 0) is 4.79 Å². The molecule has 0 amide bonds. The Morgan fingerprint density at radius 3 is 3.07 bits per heavy atom. The highest BCUT2D eigenvalue weighted by Crippen LogP contribution is 2.51. The van der Waals surface area contributed by atoms with Crippen LogP contribution in [0.2, 0.25) is 0 Å². The van der Waals surface area contributed by atoms with Crippen LogP contribution in [0.25, 0.3) is 0 Å². The van der Waals surface area contributed by atoms with E-state index in [0.717, 1.165) is 12.0 Å². The lowest BCUT2D eigenvalue weighted by atomic mass is 9.88. The Morgan fingerprint density at radius 2 is 2.29 bits per heavy atom. The van der Waals surface area contributed by atoms with Crippen molar-refractivity contribution in [2.45, 2.75) is 24.7 Å². The third-order valence-electron chi connectivity index (χ3n) is 3.41. The summed E-state index contributed by atoms with van der Waals surface area (Å²) in [6.45, 7) is 0. The number of hydrogen-bond acceptors (Lipinski definition) is 2. The second-order valence-corrected chi connectivity index (χ2v) is 4.08. The Kier molecular flexibility index (Phi) is 1.36. The number of benzene rings is 1. The summed E-state index contributed by atoms with van der Waals surface area (Å²) in [5, 5.41) is 8.95. The highest BCUT2D eigenvalue weighted by atomic mass is 16.1. The number of hydrogen-bond donors (Lipinski definition) is 0. The van der Waals surface area contributed by atoms with Crippen molar-refractivity contribution < 1.29 is 4.79 Å². The van der Waals surface area contributed by atoms with Crippen LogP contribution in [-0.4, -0.2) is 5.78 Å². The molecule has 0 aliphatic heterocycles. The van der Waals surface area contributed by atoms with Gasteiger partial charge in [0.25, 0.3) is 0 Å². The van der Waals surface area contributed by atoms with E-state index in [0.29, 0.717) is 23.7 Å². The number of ketones is 1. The van der Waals surface area contributed by atoms with Crippen LogP contribution < -0.4 is 0 Å². The number of carbonyl (C=O) groups is 1. The molecule has 1 aromatic carbocycles. The fourth-order valence-corrected chi connectivity index (χ4v) is 2.83. The number of carbonyl (C=O) groups excluding carboxylic acids is 1. The van der Waals surface area contributed by atoms with Gasteiger partial charge in [-0.15, -0.1) is 0 Å². The average molecular weight is 183 g/mol. The molecule has 0 radical (unpaired) electrons. The fourth-order valence-electron chi connectivity index (χ4n) is 2.83. The van der Waals surface area contributed by atoms with Gasteiger partial charge in [0.15, 0.2) is 0 Å². The Bertz CT molecular complexity index is 470. The summed E-state index contributed by atoms with van der Waals surface area (Å²) in [5.74, 6) is 0.756. The Balaban J connectivity index is 2.28. The molecule has 1 aromatic rings. The summed E-state index contributed by atoms with van der Waals surface area (Å²) in [5.41, 5.74) is 2.97. The van der Waals surface area contributed by atoms with Gasteiger partial charge < -0.3 is 0 Å². The summed E-state index contributed by atoms with van der Waals surface area (Å²) in [6, 6.07) is 7.97. The molecule has 2 bridgehead atoms.